The molecule has 2 heterocycles. The zero-order chi connectivity index (χ0) is 23.5. The predicted octanol–water partition coefficient (Wildman–Crippen LogP) is 6.32. The average molecular weight is 478 g/mol. The summed E-state index contributed by atoms with van der Waals surface area (Å²) in [6.07, 6.45) is 2.58. The number of thioether (sulfide) groups is 1. The lowest BCUT2D eigenvalue weighted by atomic mass is 10.2. The number of aromatic nitrogens is 3. The molecule has 0 bridgehead atoms. The summed E-state index contributed by atoms with van der Waals surface area (Å²) in [5.41, 5.74) is 2.14. The number of aryl methyl sites for hydroxylation is 2. The fourth-order valence-electron chi connectivity index (χ4n) is 3.12. The van der Waals surface area contributed by atoms with Crippen LogP contribution in [0, 0.1) is 13.8 Å². The van der Waals surface area contributed by atoms with E-state index >= 15 is 0 Å². The SMILES string of the molecule is Cc1ccc(OC(=O)SC(c2c(C)nc3ncccn23)P(=O)(OC(C)C)OC(C)C)cc1. The van der Waals surface area contributed by atoms with Crippen molar-refractivity contribution in [2.75, 3.05) is 0 Å². The quantitative estimate of drug-likeness (QED) is 0.275. The van der Waals surface area contributed by atoms with Gasteiger partial charge in [-0.3, -0.25) is 8.97 Å². The Morgan fingerprint density at radius 1 is 1.06 bits per heavy atom. The third-order valence-electron chi connectivity index (χ3n) is 4.29. The molecule has 0 fully saturated rings. The first kappa shape index (κ1) is 24.5. The van der Waals surface area contributed by atoms with Gasteiger partial charge in [0.25, 0.3) is 0 Å². The molecule has 0 aliphatic rings. The largest absolute Gasteiger partial charge is 0.418 e. The van der Waals surface area contributed by atoms with Crippen molar-refractivity contribution in [2.24, 2.45) is 0 Å². The van der Waals surface area contributed by atoms with E-state index in [-0.39, 0.29) is 0 Å². The van der Waals surface area contributed by atoms with E-state index in [9.17, 15) is 9.36 Å². The van der Waals surface area contributed by atoms with Gasteiger partial charge in [-0.15, -0.1) is 0 Å². The van der Waals surface area contributed by atoms with E-state index in [2.05, 4.69) is 9.97 Å². The molecule has 0 radical (unpaired) electrons. The highest BCUT2D eigenvalue weighted by Gasteiger charge is 2.44. The van der Waals surface area contributed by atoms with Crippen molar-refractivity contribution in [2.45, 2.75) is 58.7 Å². The van der Waals surface area contributed by atoms with Gasteiger partial charge in [-0.25, -0.2) is 14.8 Å². The molecule has 3 aromatic rings. The number of imidazole rings is 1. The third-order valence-corrected chi connectivity index (χ3v) is 8.35. The zero-order valence-electron chi connectivity index (χ0n) is 19.0. The van der Waals surface area contributed by atoms with E-state index in [0.29, 0.717) is 22.9 Å². The molecular formula is C22H28N3O5PS. The zero-order valence-corrected chi connectivity index (χ0v) is 20.7. The van der Waals surface area contributed by atoms with Gasteiger partial charge in [-0.2, -0.15) is 0 Å². The van der Waals surface area contributed by atoms with Crippen LogP contribution in [0.25, 0.3) is 5.78 Å². The van der Waals surface area contributed by atoms with Gasteiger partial charge in [0.1, 0.15) is 5.75 Å². The molecule has 0 aliphatic carbocycles. The Bertz CT molecular complexity index is 1120. The number of ether oxygens (including phenoxy) is 1. The summed E-state index contributed by atoms with van der Waals surface area (Å²) in [5, 5.41) is -0.628. The minimum Gasteiger partial charge on any atom is -0.418 e. The molecule has 0 saturated heterocycles. The molecule has 0 amide bonds. The Balaban J connectivity index is 2.05. The van der Waals surface area contributed by atoms with Gasteiger partial charge >= 0.3 is 12.9 Å². The van der Waals surface area contributed by atoms with Crippen molar-refractivity contribution in [3.63, 3.8) is 0 Å². The first-order valence-corrected chi connectivity index (χ1v) is 12.8. The van der Waals surface area contributed by atoms with Crippen LogP contribution in [-0.2, 0) is 13.6 Å². The lowest BCUT2D eigenvalue weighted by Gasteiger charge is -2.29. The summed E-state index contributed by atoms with van der Waals surface area (Å²) in [6.45, 7) is 10.8. The third kappa shape index (κ3) is 5.78. The summed E-state index contributed by atoms with van der Waals surface area (Å²) in [5.74, 6) is 0.825. The number of hydrogen-bond acceptors (Lipinski definition) is 8. The van der Waals surface area contributed by atoms with Crippen molar-refractivity contribution < 1.29 is 23.1 Å². The fourth-order valence-corrected chi connectivity index (χ4v) is 6.98. The number of nitrogens with zero attached hydrogens (tertiary/aromatic N) is 3. The number of rotatable bonds is 8. The van der Waals surface area contributed by atoms with Crippen molar-refractivity contribution in [3.05, 3.63) is 59.7 Å². The molecule has 0 saturated carbocycles. The average Bonchev–Trinajstić information content (AvgIpc) is 3.02. The van der Waals surface area contributed by atoms with Gasteiger partial charge in [0, 0.05) is 12.4 Å². The maximum absolute atomic E-state index is 14.1. The Morgan fingerprint density at radius 2 is 1.69 bits per heavy atom. The van der Waals surface area contributed by atoms with Crippen LogP contribution in [0.4, 0.5) is 4.79 Å². The maximum atomic E-state index is 14.1. The smallest absolute Gasteiger partial charge is 0.374 e. The second kappa shape index (κ2) is 10.2. The number of carbonyl (C=O) groups excluding carboxylic acids is 1. The van der Waals surface area contributed by atoms with Gasteiger partial charge < -0.3 is 13.8 Å². The highest BCUT2D eigenvalue weighted by atomic mass is 32.2. The van der Waals surface area contributed by atoms with Crippen LogP contribution < -0.4 is 4.74 Å². The predicted molar refractivity (Wildman–Crippen MR) is 125 cm³/mol. The number of benzene rings is 1. The molecule has 32 heavy (non-hydrogen) atoms. The molecule has 0 spiro atoms. The molecule has 10 heteroatoms. The molecule has 0 aliphatic heterocycles. The number of carbonyl (C=O) groups is 1. The van der Waals surface area contributed by atoms with Gasteiger partial charge in [0.15, 0.2) is 4.99 Å². The van der Waals surface area contributed by atoms with E-state index in [4.69, 9.17) is 13.8 Å². The van der Waals surface area contributed by atoms with Crippen LogP contribution in [0.2, 0.25) is 0 Å². The second-order valence-corrected chi connectivity index (χ2v) is 11.3. The summed E-state index contributed by atoms with van der Waals surface area (Å²) in [7, 11) is -3.85. The van der Waals surface area contributed by atoms with Crippen molar-refractivity contribution in [1.82, 2.24) is 14.4 Å². The van der Waals surface area contributed by atoms with Crippen LogP contribution >= 0.6 is 19.4 Å². The Morgan fingerprint density at radius 3 is 2.28 bits per heavy atom. The van der Waals surface area contributed by atoms with Gasteiger partial charge in [0.05, 0.1) is 23.6 Å². The van der Waals surface area contributed by atoms with Gasteiger partial charge in [-0.1, -0.05) is 17.7 Å². The standard InChI is InChI=1S/C22H28N3O5PS/c1-14(2)29-31(27,30-15(3)4)20(19-17(6)24-21-23-12-7-13-25(19)21)32-22(26)28-18-10-8-16(5)9-11-18/h7-15,20H,1-6H3. The highest BCUT2D eigenvalue weighted by Crippen LogP contribution is 2.67. The molecule has 1 unspecified atom stereocenters. The summed E-state index contributed by atoms with van der Waals surface area (Å²) in [4.78, 5) is 20.6. The first-order chi connectivity index (χ1) is 15.1. The highest BCUT2D eigenvalue weighted by molar-refractivity contribution is 8.17. The van der Waals surface area contributed by atoms with Crippen LogP contribution in [0.5, 0.6) is 5.75 Å². The van der Waals surface area contributed by atoms with E-state index in [0.717, 1.165) is 17.3 Å². The van der Waals surface area contributed by atoms with Gasteiger partial charge in [0.2, 0.25) is 5.78 Å². The fraction of sp³-hybridized carbons (Fsp3) is 0.409. The second-order valence-electron chi connectivity index (χ2n) is 7.86. The van der Waals surface area contributed by atoms with Crippen molar-refractivity contribution in [1.29, 1.82) is 0 Å². The lowest BCUT2D eigenvalue weighted by Crippen LogP contribution is -2.16. The lowest BCUT2D eigenvalue weighted by molar-refractivity contribution is 0.140. The summed E-state index contributed by atoms with van der Waals surface area (Å²) >= 11 is 0.759. The van der Waals surface area contributed by atoms with Crippen molar-refractivity contribution in [3.8, 4) is 5.75 Å². The van der Waals surface area contributed by atoms with E-state index in [1.165, 1.54) is 0 Å². The Labute approximate surface area is 192 Å². The first-order valence-electron chi connectivity index (χ1n) is 10.3. The molecule has 0 N–H and O–H groups in total. The van der Waals surface area contributed by atoms with Crippen molar-refractivity contribution >= 4 is 30.4 Å². The molecule has 1 aromatic carbocycles. The van der Waals surface area contributed by atoms with Crippen LogP contribution in [0.15, 0.2) is 42.7 Å². The minimum absolute atomic E-state index is 0.395. The maximum Gasteiger partial charge on any atom is 0.374 e. The summed E-state index contributed by atoms with van der Waals surface area (Å²) in [6, 6.07) is 8.85. The summed E-state index contributed by atoms with van der Waals surface area (Å²) < 4.78 is 33.0. The Kier molecular flexibility index (Phi) is 7.77. The molecule has 1 atom stereocenters. The number of fused-ring (bicyclic) bond motifs is 1. The van der Waals surface area contributed by atoms with Crippen LogP contribution in [0.1, 0.15) is 49.6 Å². The minimum atomic E-state index is -3.85. The molecule has 3 rings (SSSR count). The Hall–Kier alpha value is -2.19. The normalized spacial score (nSPS) is 13.1. The van der Waals surface area contributed by atoms with E-state index in [1.54, 1.807) is 69.6 Å². The monoisotopic (exact) mass is 477 g/mol. The van der Waals surface area contributed by atoms with E-state index < -0.39 is 30.1 Å². The molecule has 8 nitrogen and oxygen atoms in total. The van der Waals surface area contributed by atoms with E-state index in [1.807, 2.05) is 19.1 Å². The topological polar surface area (TPSA) is 92.0 Å². The molecule has 2 aromatic heterocycles. The van der Waals surface area contributed by atoms with Crippen LogP contribution in [-0.4, -0.2) is 31.9 Å². The van der Waals surface area contributed by atoms with Crippen LogP contribution in [0.3, 0.4) is 0 Å². The number of hydrogen-bond donors (Lipinski definition) is 0. The molecule has 172 valence electrons. The van der Waals surface area contributed by atoms with Gasteiger partial charge in [-0.05, 0) is 71.5 Å². The molecular weight excluding hydrogens is 449 g/mol.